The van der Waals surface area contributed by atoms with Crippen LogP contribution >= 0.6 is 0 Å². The SMILES string of the molecule is CCC(C(=O)O)C(C(=O)O)(C(=O)O)C(=O)OC1CC(C)(C)N(C)C(C)(C)C1. The second-order valence-corrected chi connectivity index (χ2v) is 8.34. The first-order valence-electron chi connectivity index (χ1n) is 8.79. The summed E-state index contributed by atoms with van der Waals surface area (Å²) in [6.45, 7) is 9.05. The predicted molar refractivity (Wildman–Crippen MR) is 94.2 cm³/mol. The molecule has 1 aliphatic rings. The van der Waals surface area contributed by atoms with Gasteiger partial charge in [-0.05, 0) is 41.2 Å². The summed E-state index contributed by atoms with van der Waals surface area (Å²) in [5.41, 5.74) is -3.98. The summed E-state index contributed by atoms with van der Waals surface area (Å²) in [5, 5.41) is 28.4. The maximum Gasteiger partial charge on any atom is 0.336 e. The molecule has 3 N–H and O–H groups in total. The number of nitrogens with zero attached hydrogens (tertiary/aromatic N) is 1. The van der Waals surface area contributed by atoms with E-state index in [0.29, 0.717) is 12.8 Å². The molecule has 1 aliphatic heterocycles. The van der Waals surface area contributed by atoms with Gasteiger partial charge in [0, 0.05) is 23.9 Å². The molecule has 0 saturated carbocycles. The summed E-state index contributed by atoms with van der Waals surface area (Å²) in [7, 11) is 1.92. The van der Waals surface area contributed by atoms with Crippen molar-refractivity contribution in [2.75, 3.05) is 7.05 Å². The molecule has 1 fully saturated rings. The summed E-state index contributed by atoms with van der Waals surface area (Å²) in [6.07, 6.45) is -0.369. The number of rotatable bonds is 7. The van der Waals surface area contributed by atoms with E-state index in [2.05, 4.69) is 4.90 Å². The van der Waals surface area contributed by atoms with Crippen LogP contribution in [0.25, 0.3) is 0 Å². The molecule has 1 rings (SSSR count). The van der Waals surface area contributed by atoms with Gasteiger partial charge in [-0.1, -0.05) is 6.92 Å². The normalized spacial score (nSPS) is 21.3. The first kappa shape index (κ1) is 22.9. The molecule has 0 aromatic rings. The number of piperidine rings is 1. The maximum atomic E-state index is 12.8. The predicted octanol–water partition coefficient (Wildman–Crippen LogP) is 1.45. The van der Waals surface area contributed by atoms with E-state index in [0.717, 1.165) is 0 Å². The third kappa shape index (κ3) is 3.92. The molecule has 0 radical (unpaired) electrons. The number of esters is 1. The highest BCUT2D eigenvalue weighted by Crippen LogP contribution is 2.40. The van der Waals surface area contributed by atoms with Crippen LogP contribution in [-0.2, 0) is 23.9 Å². The van der Waals surface area contributed by atoms with Crippen LogP contribution in [0, 0.1) is 11.3 Å². The molecule has 0 spiro atoms. The van der Waals surface area contributed by atoms with Crippen molar-refractivity contribution < 1.29 is 39.2 Å². The van der Waals surface area contributed by atoms with Gasteiger partial charge in [0.2, 0.25) is 0 Å². The maximum absolute atomic E-state index is 12.8. The minimum Gasteiger partial charge on any atom is -0.481 e. The monoisotopic (exact) mass is 387 g/mol. The van der Waals surface area contributed by atoms with Crippen LogP contribution in [0.1, 0.15) is 53.9 Å². The Bertz CT molecular complexity index is 607. The van der Waals surface area contributed by atoms with Crippen molar-refractivity contribution in [3.63, 3.8) is 0 Å². The van der Waals surface area contributed by atoms with Crippen LogP contribution in [-0.4, -0.2) is 68.3 Å². The van der Waals surface area contributed by atoms with Crippen molar-refractivity contribution in [2.45, 2.75) is 71.1 Å². The lowest BCUT2D eigenvalue weighted by Gasteiger charge is -2.53. The quantitative estimate of drug-likeness (QED) is 0.437. The summed E-state index contributed by atoms with van der Waals surface area (Å²) >= 11 is 0. The molecule has 1 unspecified atom stereocenters. The number of carbonyl (C=O) groups is 4. The molecule has 0 aliphatic carbocycles. The zero-order valence-corrected chi connectivity index (χ0v) is 16.6. The van der Waals surface area contributed by atoms with Crippen molar-refractivity contribution in [3.05, 3.63) is 0 Å². The van der Waals surface area contributed by atoms with Crippen LogP contribution in [0.4, 0.5) is 0 Å². The van der Waals surface area contributed by atoms with Gasteiger partial charge in [0.25, 0.3) is 5.41 Å². The highest BCUT2D eigenvalue weighted by molar-refractivity contribution is 6.19. The van der Waals surface area contributed by atoms with E-state index < -0.39 is 52.4 Å². The van der Waals surface area contributed by atoms with Crippen molar-refractivity contribution in [1.82, 2.24) is 4.90 Å². The first-order valence-corrected chi connectivity index (χ1v) is 8.79. The highest BCUT2D eigenvalue weighted by Gasteiger charge is 2.64. The van der Waals surface area contributed by atoms with Crippen molar-refractivity contribution >= 4 is 23.9 Å². The van der Waals surface area contributed by atoms with Gasteiger partial charge in [-0.25, -0.2) is 0 Å². The van der Waals surface area contributed by atoms with Crippen LogP contribution < -0.4 is 0 Å². The zero-order chi connectivity index (χ0) is 21.4. The third-order valence-corrected chi connectivity index (χ3v) is 5.77. The minimum atomic E-state index is -3.20. The second kappa shape index (κ2) is 7.46. The van der Waals surface area contributed by atoms with Crippen LogP contribution in [0.2, 0.25) is 0 Å². The second-order valence-electron chi connectivity index (χ2n) is 8.34. The average Bonchev–Trinajstić information content (AvgIpc) is 2.47. The summed E-state index contributed by atoms with van der Waals surface area (Å²) in [5.74, 6) is -9.25. The van der Waals surface area contributed by atoms with E-state index in [4.69, 9.17) is 4.74 Å². The molecule has 1 saturated heterocycles. The van der Waals surface area contributed by atoms with Gasteiger partial charge in [-0.15, -0.1) is 0 Å². The average molecular weight is 387 g/mol. The molecule has 0 bridgehead atoms. The van der Waals surface area contributed by atoms with Gasteiger partial charge in [-0.3, -0.25) is 24.1 Å². The Morgan fingerprint density at radius 2 is 1.44 bits per heavy atom. The number of hydrogen-bond acceptors (Lipinski definition) is 6. The Hall–Kier alpha value is -2.16. The van der Waals surface area contributed by atoms with E-state index in [1.165, 1.54) is 6.92 Å². The van der Waals surface area contributed by atoms with Crippen LogP contribution in [0.3, 0.4) is 0 Å². The third-order valence-electron chi connectivity index (χ3n) is 5.77. The number of likely N-dealkylation sites (tertiary alicyclic amines) is 1. The lowest BCUT2D eigenvalue weighted by Crippen LogP contribution is -2.61. The van der Waals surface area contributed by atoms with Gasteiger partial charge in [0.05, 0.1) is 5.92 Å². The molecule has 9 heteroatoms. The van der Waals surface area contributed by atoms with Gasteiger partial charge in [0.15, 0.2) is 0 Å². The highest BCUT2D eigenvalue weighted by atomic mass is 16.6. The molecular weight excluding hydrogens is 358 g/mol. The number of hydrogen-bond donors (Lipinski definition) is 3. The molecule has 1 heterocycles. The fourth-order valence-electron chi connectivity index (χ4n) is 3.98. The Morgan fingerprint density at radius 3 is 1.74 bits per heavy atom. The number of carboxylic acid groups (broad SMARTS) is 3. The fraction of sp³-hybridized carbons (Fsp3) is 0.778. The minimum absolute atomic E-state index is 0.354. The standard InChI is InChI=1S/C18H29NO8/c1-7-11(12(20)21)18(13(22)23,14(24)25)15(26)27-10-8-16(2,3)19(6)17(4,5)9-10/h10-11H,7-9H2,1-6H3,(H,20,21)(H,22,23)(H,24,25). The largest absolute Gasteiger partial charge is 0.481 e. The topological polar surface area (TPSA) is 141 Å². The molecule has 0 amide bonds. The molecule has 0 aromatic carbocycles. The lowest BCUT2D eigenvalue weighted by molar-refractivity contribution is -0.194. The van der Waals surface area contributed by atoms with Crippen molar-refractivity contribution in [3.8, 4) is 0 Å². The van der Waals surface area contributed by atoms with Crippen molar-refractivity contribution in [2.24, 2.45) is 11.3 Å². The van der Waals surface area contributed by atoms with Crippen molar-refractivity contribution in [1.29, 1.82) is 0 Å². The summed E-state index contributed by atoms with van der Waals surface area (Å²) in [6, 6.07) is 0. The molecular formula is C18H29NO8. The van der Waals surface area contributed by atoms with Gasteiger partial charge >= 0.3 is 23.9 Å². The molecule has 0 aromatic heterocycles. The zero-order valence-electron chi connectivity index (χ0n) is 16.6. The Kier molecular flexibility index (Phi) is 6.32. The smallest absolute Gasteiger partial charge is 0.336 e. The fourth-order valence-corrected chi connectivity index (χ4v) is 3.98. The Morgan fingerprint density at radius 1 is 1.04 bits per heavy atom. The number of aliphatic carboxylic acids is 3. The number of carboxylic acids is 3. The lowest BCUT2D eigenvalue weighted by atomic mass is 9.73. The Balaban J connectivity index is 3.31. The van der Waals surface area contributed by atoms with E-state index in [1.54, 1.807) is 0 Å². The van der Waals surface area contributed by atoms with Gasteiger partial charge in [-0.2, -0.15) is 0 Å². The van der Waals surface area contributed by atoms with Gasteiger partial charge in [0.1, 0.15) is 6.10 Å². The van der Waals surface area contributed by atoms with E-state index in [9.17, 15) is 34.5 Å². The summed E-state index contributed by atoms with van der Waals surface area (Å²) in [4.78, 5) is 50.0. The Labute approximate surface area is 158 Å². The van der Waals surface area contributed by atoms with E-state index in [1.807, 2.05) is 34.7 Å². The first-order chi connectivity index (χ1) is 12.1. The van der Waals surface area contributed by atoms with E-state index in [-0.39, 0.29) is 6.42 Å². The molecule has 1 atom stereocenters. The molecule has 27 heavy (non-hydrogen) atoms. The molecule has 9 nitrogen and oxygen atoms in total. The van der Waals surface area contributed by atoms with Crippen LogP contribution in [0.5, 0.6) is 0 Å². The molecule has 154 valence electrons. The van der Waals surface area contributed by atoms with Crippen LogP contribution in [0.15, 0.2) is 0 Å². The van der Waals surface area contributed by atoms with Gasteiger partial charge < -0.3 is 20.1 Å². The number of ether oxygens (including phenoxy) is 1. The van der Waals surface area contributed by atoms with E-state index >= 15 is 0 Å². The number of carbonyl (C=O) groups excluding carboxylic acids is 1. The summed E-state index contributed by atoms with van der Waals surface area (Å²) < 4.78 is 5.34.